The van der Waals surface area contributed by atoms with Crippen molar-refractivity contribution in [1.29, 1.82) is 0 Å². The van der Waals surface area contributed by atoms with Crippen LogP contribution >= 0.6 is 11.3 Å². The number of ether oxygens (including phenoxy) is 2. The predicted octanol–water partition coefficient (Wildman–Crippen LogP) is 2.90. The topological polar surface area (TPSA) is 77.3 Å². The predicted molar refractivity (Wildman–Crippen MR) is 76.3 cm³/mol. The normalized spacial score (nSPS) is 13.7. The third-order valence-electron chi connectivity index (χ3n) is 2.98. The summed E-state index contributed by atoms with van der Waals surface area (Å²) in [6, 6.07) is 8.63. The van der Waals surface area contributed by atoms with Crippen LogP contribution in [-0.2, 0) is 4.84 Å². The molecular formula is C14H11NO5S. The Kier molecular flexibility index (Phi) is 3.49. The largest absolute Gasteiger partial charge is 0.477 e. The number of carboxylic acids is 1. The van der Waals surface area contributed by atoms with Crippen LogP contribution in [0.15, 0.2) is 35.5 Å². The van der Waals surface area contributed by atoms with Crippen LogP contribution in [0.4, 0.5) is 0 Å². The van der Waals surface area contributed by atoms with Crippen LogP contribution in [0.3, 0.4) is 0 Å². The first kappa shape index (κ1) is 13.4. The van der Waals surface area contributed by atoms with Crippen molar-refractivity contribution in [2.45, 2.75) is 6.10 Å². The van der Waals surface area contributed by atoms with Crippen molar-refractivity contribution in [3.05, 3.63) is 45.6 Å². The fourth-order valence-electron chi connectivity index (χ4n) is 2.04. The zero-order valence-corrected chi connectivity index (χ0v) is 11.6. The monoisotopic (exact) mass is 305 g/mol. The Bertz CT molecular complexity index is 696. The molecule has 2 heterocycles. The molecule has 0 saturated heterocycles. The van der Waals surface area contributed by atoms with Gasteiger partial charge in [-0.3, -0.25) is 0 Å². The van der Waals surface area contributed by atoms with E-state index in [9.17, 15) is 4.79 Å². The molecular weight excluding hydrogens is 294 g/mol. The van der Waals surface area contributed by atoms with Crippen LogP contribution in [0, 0.1) is 0 Å². The summed E-state index contributed by atoms with van der Waals surface area (Å²) in [6.07, 6.45) is -0.532. The molecule has 3 rings (SSSR count). The maximum absolute atomic E-state index is 11.0. The first-order valence-corrected chi connectivity index (χ1v) is 6.85. The number of nitrogens with zero attached hydrogens (tertiary/aromatic N) is 1. The van der Waals surface area contributed by atoms with Gasteiger partial charge in [-0.05, 0) is 24.3 Å². The molecule has 21 heavy (non-hydrogen) atoms. The Hall–Kier alpha value is -2.54. The smallest absolute Gasteiger partial charge is 0.345 e. The van der Waals surface area contributed by atoms with E-state index in [1.807, 2.05) is 6.07 Å². The molecule has 1 aromatic heterocycles. The van der Waals surface area contributed by atoms with Crippen LogP contribution < -0.4 is 9.47 Å². The van der Waals surface area contributed by atoms with Crippen LogP contribution in [0.25, 0.3) is 0 Å². The maximum Gasteiger partial charge on any atom is 0.345 e. The molecule has 0 bridgehead atoms. The lowest BCUT2D eigenvalue weighted by Gasteiger charge is -2.14. The molecule has 0 saturated carbocycles. The summed E-state index contributed by atoms with van der Waals surface area (Å²) in [6.45, 7) is 3.51. The molecule has 0 fully saturated rings. The summed E-state index contributed by atoms with van der Waals surface area (Å²) < 4.78 is 10.6. The fourth-order valence-corrected chi connectivity index (χ4v) is 2.94. The molecule has 1 aromatic carbocycles. The van der Waals surface area contributed by atoms with Crippen molar-refractivity contribution in [1.82, 2.24) is 0 Å². The maximum atomic E-state index is 11.0. The van der Waals surface area contributed by atoms with Gasteiger partial charge in [0, 0.05) is 12.3 Å². The average molecular weight is 305 g/mol. The Labute approximate surface area is 124 Å². The Morgan fingerprint density at radius 2 is 2.14 bits per heavy atom. The van der Waals surface area contributed by atoms with Gasteiger partial charge in [-0.2, -0.15) is 0 Å². The van der Waals surface area contributed by atoms with Crippen LogP contribution in [0.2, 0.25) is 0 Å². The molecule has 0 radical (unpaired) electrons. The number of benzene rings is 1. The lowest BCUT2D eigenvalue weighted by atomic mass is 10.1. The van der Waals surface area contributed by atoms with Crippen molar-refractivity contribution >= 4 is 24.0 Å². The molecule has 108 valence electrons. The molecule has 1 N–H and O–H groups in total. The minimum atomic E-state index is -0.970. The van der Waals surface area contributed by atoms with Gasteiger partial charge in [-0.15, -0.1) is 16.5 Å². The van der Waals surface area contributed by atoms with Crippen LogP contribution in [0.5, 0.6) is 11.5 Å². The highest BCUT2D eigenvalue weighted by molar-refractivity contribution is 7.14. The van der Waals surface area contributed by atoms with E-state index in [1.165, 1.54) is 6.07 Å². The number of carboxylic acid groups (broad SMARTS) is 1. The van der Waals surface area contributed by atoms with Crippen LogP contribution in [-0.4, -0.2) is 24.6 Å². The summed E-state index contributed by atoms with van der Waals surface area (Å²) >= 11 is 1.13. The first-order chi connectivity index (χ1) is 10.2. The Morgan fingerprint density at radius 3 is 2.86 bits per heavy atom. The molecule has 0 amide bonds. The lowest BCUT2D eigenvalue weighted by Crippen LogP contribution is -2.01. The molecule has 1 unspecified atom stereocenters. The summed E-state index contributed by atoms with van der Waals surface area (Å²) in [7, 11) is 0. The summed E-state index contributed by atoms with van der Waals surface area (Å²) in [5, 5.41) is 12.5. The highest BCUT2D eigenvalue weighted by Gasteiger charge is 2.23. The van der Waals surface area contributed by atoms with E-state index in [-0.39, 0.29) is 11.7 Å². The fraction of sp³-hybridized carbons (Fsp3) is 0.143. The zero-order valence-electron chi connectivity index (χ0n) is 10.8. The number of thiophene rings is 1. The second-order valence-corrected chi connectivity index (χ2v) is 5.35. The first-order valence-electron chi connectivity index (χ1n) is 6.03. The van der Waals surface area contributed by atoms with Gasteiger partial charge in [0.05, 0.1) is 4.88 Å². The molecule has 1 aliphatic rings. The lowest BCUT2D eigenvalue weighted by molar-refractivity contribution is 0.0702. The minimum Gasteiger partial charge on any atom is -0.477 e. The molecule has 0 spiro atoms. The summed E-state index contributed by atoms with van der Waals surface area (Å²) in [5.74, 6) is 0.323. The minimum absolute atomic E-state index is 0.187. The van der Waals surface area contributed by atoms with Crippen molar-refractivity contribution in [2.24, 2.45) is 5.16 Å². The SMILES string of the molecule is C=NOC(c1ccc2c(c1)OCO2)c1ccc(C(=O)O)s1. The number of rotatable bonds is 5. The average Bonchev–Trinajstić information content (AvgIpc) is 3.12. The van der Waals surface area contributed by atoms with Crippen molar-refractivity contribution in [2.75, 3.05) is 6.79 Å². The summed E-state index contributed by atoms with van der Waals surface area (Å²) in [5.41, 5.74) is 0.783. The number of fused-ring (bicyclic) bond motifs is 1. The van der Waals surface area contributed by atoms with E-state index in [1.54, 1.807) is 18.2 Å². The number of hydrogen-bond acceptors (Lipinski definition) is 6. The molecule has 6 nitrogen and oxygen atoms in total. The highest BCUT2D eigenvalue weighted by atomic mass is 32.1. The number of oxime groups is 1. The van der Waals surface area contributed by atoms with Crippen molar-refractivity contribution in [3.63, 3.8) is 0 Å². The number of aromatic carboxylic acids is 1. The molecule has 0 aliphatic carbocycles. The second-order valence-electron chi connectivity index (χ2n) is 4.23. The quantitative estimate of drug-likeness (QED) is 0.679. The van der Waals surface area contributed by atoms with Crippen LogP contribution in [0.1, 0.15) is 26.2 Å². The Morgan fingerprint density at radius 1 is 1.33 bits per heavy atom. The molecule has 1 atom stereocenters. The van der Waals surface area contributed by atoms with E-state index >= 15 is 0 Å². The van der Waals surface area contributed by atoms with E-state index in [4.69, 9.17) is 19.4 Å². The van der Waals surface area contributed by atoms with Gasteiger partial charge in [-0.1, -0.05) is 6.07 Å². The van der Waals surface area contributed by atoms with E-state index in [0.29, 0.717) is 11.5 Å². The van der Waals surface area contributed by atoms with Crippen molar-refractivity contribution in [3.8, 4) is 11.5 Å². The summed E-state index contributed by atoms with van der Waals surface area (Å²) in [4.78, 5) is 17.2. The molecule has 1 aliphatic heterocycles. The van der Waals surface area contributed by atoms with Gasteiger partial charge in [0.25, 0.3) is 0 Å². The standard InChI is InChI=1S/C14H11NO5S/c1-15-20-13(11-4-5-12(21-11)14(16)17)8-2-3-9-10(6-8)19-7-18-9/h2-6,13H,1,7H2,(H,16,17). The zero-order chi connectivity index (χ0) is 14.8. The third-order valence-corrected chi connectivity index (χ3v) is 4.09. The van der Waals surface area contributed by atoms with Gasteiger partial charge in [0.2, 0.25) is 6.79 Å². The van der Waals surface area contributed by atoms with Gasteiger partial charge < -0.3 is 19.4 Å². The van der Waals surface area contributed by atoms with Gasteiger partial charge >= 0.3 is 5.97 Å². The molecule has 2 aromatic rings. The third kappa shape index (κ3) is 2.55. The Balaban J connectivity index is 1.96. The second kappa shape index (κ2) is 5.45. The van der Waals surface area contributed by atoms with Crippen molar-refractivity contribution < 1.29 is 24.2 Å². The number of carbonyl (C=O) groups is 1. The van der Waals surface area contributed by atoms with Gasteiger partial charge in [0.15, 0.2) is 17.6 Å². The van der Waals surface area contributed by atoms with E-state index in [2.05, 4.69) is 11.9 Å². The van der Waals surface area contributed by atoms with Gasteiger partial charge in [0.1, 0.15) is 4.88 Å². The van der Waals surface area contributed by atoms with Gasteiger partial charge in [-0.25, -0.2) is 4.79 Å². The van der Waals surface area contributed by atoms with E-state index in [0.717, 1.165) is 21.8 Å². The highest BCUT2D eigenvalue weighted by Crippen LogP contribution is 2.38. The molecule has 7 heteroatoms. The number of hydrogen-bond donors (Lipinski definition) is 1. The van der Waals surface area contributed by atoms with E-state index < -0.39 is 12.1 Å².